The van der Waals surface area contributed by atoms with Crippen LogP contribution in [-0.2, 0) is 17.6 Å². The highest BCUT2D eigenvalue weighted by molar-refractivity contribution is 5.95. The second-order valence-electron chi connectivity index (χ2n) is 7.25. The highest BCUT2D eigenvalue weighted by atomic mass is 16.2. The Morgan fingerprint density at radius 1 is 1.19 bits per heavy atom. The van der Waals surface area contributed by atoms with Gasteiger partial charge in [-0.15, -0.1) is 0 Å². The number of rotatable bonds is 5. The van der Waals surface area contributed by atoms with Gasteiger partial charge < -0.3 is 5.32 Å². The number of carbonyl (C=O) groups is 1. The Kier molecular flexibility index (Phi) is 4.98. The first kappa shape index (κ1) is 17.2. The number of aromatic nitrogens is 2. The number of carbonyl (C=O) groups excluding carboxylic acids is 1. The molecule has 5 nitrogen and oxygen atoms in total. The third-order valence-corrected chi connectivity index (χ3v) is 5.42. The van der Waals surface area contributed by atoms with Crippen molar-refractivity contribution in [1.29, 1.82) is 0 Å². The van der Waals surface area contributed by atoms with Gasteiger partial charge in [0.1, 0.15) is 11.6 Å². The Morgan fingerprint density at radius 3 is 2.81 bits per heavy atom. The predicted octanol–water partition coefficient (Wildman–Crippen LogP) is 3.12. The zero-order valence-corrected chi connectivity index (χ0v) is 15.4. The number of hydrogen-bond donors (Lipinski definition) is 1. The smallest absolute Gasteiger partial charge is 0.228 e. The second kappa shape index (κ2) is 7.54. The molecule has 0 aliphatic carbocycles. The molecule has 1 aromatic heterocycles. The van der Waals surface area contributed by atoms with E-state index in [0.29, 0.717) is 13.0 Å². The molecule has 136 valence electrons. The quantitative estimate of drug-likeness (QED) is 0.900. The van der Waals surface area contributed by atoms with E-state index in [1.165, 1.54) is 5.56 Å². The van der Waals surface area contributed by atoms with Crippen molar-refractivity contribution < 1.29 is 4.79 Å². The first-order valence-electron chi connectivity index (χ1n) is 9.67. The number of benzene rings is 1. The van der Waals surface area contributed by atoms with Crippen LogP contribution in [0.5, 0.6) is 0 Å². The van der Waals surface area contributed by atoms with E-state index in [4.69, 9.17) is 9.97 Å². The molecular formula is C21H26N4O. The molecular weight excluding hydrogens is 324 g/mol. The maximum absolute atomic E-state index is 12.6. The van der Waals surface area contributed by atoms with Gasteiger partial charge in [0.2, 0.25) is 5.91 Å². The Morgan fingerprint density at radius 2 is 2.04 bits per heavy atom. The fraction of sp³-hybridized carbons (Fsp3) is 0.476. The molecule has 26 heavy (non-hydrogen) atoms. The summed E-state index contributed by atoms with van der Waals surface area (Å²) in [6, 6.07) is 10.7. The number of amides is 1. The molecule has 1 fully saturated rings. The minimum atomic E-state index is 0.189. The van der Waals surface area contributed by atoms with Gasteiger partial charge in [-0.05, 0) is 51.1 Å². The van der Waals surface area contributed by atoms with Gasteiger partial charge in [0, 0.05) is 24.2 Å². The molecule has 3 heterocycles. The zero-order chi connectivity index (χ0) is 17.9. The van der Waals surface area contributed by atoms with Gasteiger partial charge in [0.25, 0.3) is 0 Å². The number of nitrogens with one attached hydrogen (secondary N) is 1. The molecule has 4 rings (SSSR count). The maximum atomic E-state index is 12.6. The number of aryl methyl sites for hydroxylation is 2. The van der Waals surface area contributed by atoms with Crippen LogP contribution in [-0.4, -0.2) is 29.0 Å². The van der Waals surface area contributed by atoms with Gasteiger partial charge in [-0.2, -0.15) is 0 Å². The Labute approximate surface area is 154 Å². The summed E-state index contributed by atoms with van der Waals surface area (Å²) < 4.78 is 0. The summed E-state index contributed by atoms with van der Waals surface area (Å²) in [7, 11) is 0. The lowest BCUT2D eigenvalue weighted by Gasteiger charge is -2.30. The van der Waals surface area contributed by atoms with Crippen molar-refractivity contribution >= 4 is 11.7 Å². The molecule has 1 amide bonds. The van der Waals surface area contributed by atoms with Crippen LogP contribution >= 0.6 is 0 Å². The molecule has 2 aliphatic heterocycles. The van der Waals surface area contributed by atoms with Crippen LogP contribution in [0.25, 0.3) is 0 Å². The van der Waals surface area contributed by atoms with Gasteiger partial charge in [-0.25, -0.2) is 9.97 Å². The van der Waals surface area contributed by atoms with Crippen LogP contribution in [0, 0.1) is 6.92 Å². The maximum Gasteiger partial charge on any atom is 0.228 e. The normalized spacial score (nSPS) is 19.7. The van der Waals surface area contributed by atoms with Crippen molar-refractivity contribution in [2.45, 2.75) is 51.5 Å². The molecule has 2 aliphatic rings. The second-order valence-corrected chi connectivity index (χ2v) is 7.25. The topological polar surface area (TPSA) is 58.1 Å². The van der Waals surface area contributed by atoms with E-state index in [1.807, 2.05) is 11.0 Å². The van der Waals surface area contributed by atoms with E-state index in [1.54, 1.807) is 0 Å². The predicted molar refractivity (Wildman–Crippen MR) is 102 cm³/mol. The lowest BCUT2D eigenvalue weighted by molar-refractivity contribution is -0.119. The summed E-state index contributed by atoms with van der Waals surface area (Å²) in [6.07, 6.45) is 5.46. The first-order chi connectivity index (χ1) is 12.7. The van der Waals surface area contributed by atoms with Crippen LogP contribution in [0.3, 0.4) is 0 Å². The summed E-state index contributed by atoms with van der Waals surface area (Å²) in [5.74, 6) is 1.89. The van der Waals surface area contributed by atoms with Crippen molar-refractivity contribution in [2.24, 2.45) is 0 Å². The highest BCUT2D eigenvalue weighted by Crippen LogP contribution is 2.31. The van der Waals surface area contributed by atoms with Crippen molar-refractivity contribution in [3.8, 4) is 0 Å². The van der Waals surface area contributed by atoms with Gasteiger partial charge in [-0.1, -0.05) is 30.3 Å². The molecule has 0 radical (unpaired) electrons. The number of hydrogen-bond acceptors (Lipinski definition) is 4. The van der Waals surface area contributed by atoms with Crippen LogP contribution in [0.1, 0.15) is 54.4 Å². The average molecular weight is 350 g/mol. The fourth-order valence-electron chi connectivity index (χ4n) is 3.98. The van der Waals surface area contributed by atoms with Crippen LogP contribution in [0.15, 0.2) is 30.3 Å². The van der Waals surface area contributed by atoms with E-state index in [-0.39, 0.29) is 11.9 Å². The van der Waals surface area contributed by atoms with Crippen LogP contribution < -0.4 is 10.2 Å². The number of anilines is 1. The summed E-state index contributed by atoms with van der Waals surface area (Å²) in [4.78, 5) is 24.1. The molecule has 1 aromatic carbocycles. The lowest BCUT2D eigenvalue weighted by Crippen LogP contribution is -2.38. The van der Waals surface area contributed by atoms with Crippen molar-refractivity contribution in [3.63, 3.8) is 0 Å². The Balaban J connectivity index is 1.55. The molecule has 2 aromatic rings. The summed E-state index contributed by atoms with van der Waals surface area (Å²) in [5.41, 5.74) is 3.48. The minimum Gasteiger partial charge on any atom is -0.307 e. The first-order valence-corrected chi connectivity index (χ1v) is 9.67. The van der Waals surface area contributed by atoms with E-state index in [0.717, 1.165) is 61.5 Å². The fourth-order valence-corrected chi connectivity index (χ4v) is 3.98. The SMILES string of the molecule is Cc1nc([C@@H]2CCCN2)nc2c1CCC(=O)N2CCCc1ccccc1. The molecule has 0 bridgehead atoms. The molecule has 0 saturated carbocycles. The molecule has 0 unspecified atom stereocenters. The number of fused-ring (bicyclic) bond motifs is 1. The summed E-state index contributed by atoms with van der Waals surface area (Å²) in [6.45, 7) is 3.79. The van der Waals surface area contributed by atoms with Gasteiger partial charge in [-0.3, -0.25) is 9.69 Å². The standard InChI is InChI=1S/C21H26N4O/c1-15-17-11-12-19(26)25(14-6-9-16-7-3-2-4-8-16)21(17)24-20(23-15)18-10-5-13-22-18/h2-4,7-8,18,22H,5-6,9-14H2,1H3/t18-/m0/s1. The monoisotopic (exact) mass is 350 g/mol. The van der Waals surface area contributed by atoms with Crippen molar-refractivity contribution in [2.75, 3.05) is 18.0 Å². The third kappa shape index (κ3) is 3.49. The van der Waals surface area contributed by atoms with Gasteiger partial charge >= 0.3 is 0 Å². The molecule has 0 spiro atoms. The number of nitrogens with zero attached hydrogens (tertiary/aromatic N) is 3. The zero-order valence-electron chi connectivity index (χ0n) is 15.4. The van der Waals surface area contributed by atoms with E-state index >= 15 is 0 Å². The lowest BCUT2D eigenvalue weighted by atomic mass is 10.0. The third-order valence-electron chi connectivity index (χ3n) is 5.42. The summed E-state index contributed by atoms with van der Waals surface area (Å²) >= 11 is 0. The molecule has 5 heteroatoms. The van der Waals surface area contributed by atoms with Crippen molar-refractivity contribution in [1.82, 2.24) is 15.3 Å². The average Bonchev–Trinajstić information content (AvgIpc) is 3.19. The molecule has 1 saturated heterocycles. The Hall–Kier alpha value is -2.27. The Bertz CT molecular complexity index is 784. The van der Waals surface area contributed by atoms with E-state index in [2.05, 4.69) is 36.5 Å². The minimum absolute atomic E-state index is 0.189. The largest absolute Gasteiger partial charge is 0.307 e. The van der Waals surface area contributed by atoms with Crippen LogP contribution in [0.2, 0.25) is 0 Å². The van der Waals surface area contributed by atoms with Gasteiger partial charge in [0.05, 0.1) is 6.04 Å². The molecule has 1 N–H and O–H groups in total. The van der Waals surface area contributed by atoms with E-state index in [9.17, 15) is 4.79 Å². The van der Waals surface area contributed by atoms with Crippen molar-refractivity contribution in [3.05, 3.63) is 53.0 Å². The van der Waals surface area contributed by atoms with Gasteiger partial charge in [0.15, 0.2) is 0 Å². The van der Waals surface area contributed by atoms with E-state index < -0.39 is 0 Å². The van der Waals surface area contributed by atoms with Crippen LogP contribution in [0.4, 0.5) is 5.82 Å². The highest BCUT2D eigenvalue weighted by Gasteiger charge is 2.29. The molecule has 1 atom stereocenters. The summed E-state index contributed by atoms with van der Waals surface area (Å²) in [5, 5.41) is 3.47.